The quantitative estimate of drug-likeness (QED) is 0.135. The lowest BCUT2D eigenvalue weighted by Gasteiger charge is -2.48. The number of carbonyl (C=O) groups is 1. The molecule has 216 valence electrons. The van der Waals surface area contributed by atoms with E-state index in [0.717, 1.165) is 6.92 Å². The van der Waals surface area contributed by atoms with Gasteiger partial charge in [0.1, 0.15) is 73.2 Å². The lowest BCUT2D eigenvalue weighted by molar-refractivity contribution is -0.373. The Hall–Kier alpha value is -1.13. The average molecular weight is 545 g/mol. The second-order valence-corrected chi connectivity index (χ2v) is 9.07. The first kappa shape index (κ1) is 30.4. The Bertz CT molecular complexity index is 745. The predicted molar refractivity (Wildman–Crippen MR) is 113 cm³/mol. The minimum atomic E-state index is -1.91. The topological polar surface area (TPSA) is 278 Å². The molecule has 0 spiro atoms. The van der Waals surface area contributed by atoms with Crippen LogP contribution in [0.3, 0.4) is 0 Å². The van der Waals surface area contributed by atoms with E-state index < -0.39 is 118 Å². The second-order valence-electron chi connectivity index (χ2n) is 9.07. The van der Waals surface area contributed by atoms with E-state index in [-0.39, 0.29) is 0 Å². The number of rotatable bonds is 8. The molecule has 3 saturated heterocycles. The molecular weight excluding hydrogens is 510 g/mol. The van der Waals surface area contributed by atoms with Crippen molar-refractivity contribution < 1.29 is 79.5 Å². The van der Waals surface area contributed by atoms with Crippen molar-refractivity contribution in [1.29, 1.82) is 0 Å². The van der Waals surface area contributed by atoms with Crippen LogP contribution in [0.15, 0.2) is 0 Å². The fourth-order valence-corrected chi connectivity index (χ4v) is 4.46. The molecule has 0 aromatic rings. The Kier molecular flexibility index (Phi) is 10.5. The van der Waals surface area contributed by atoms with Gasteiger partial charge in [-0.2, -0.15) is 0 Å². The van der Waals surface area contributed by atoms with Gasteiger partial charge in [-0.15, -0.1) is 0 Å². The maximum Gasteiger partial charge on any atom is 0.217 e. The van der Waals surface area contributed by atoms with Gasteiger partial charge in [0.05, 0.1) is 19.8 Å². The molecule has 3 heterocycles. The van der Waals surface area contributed by atoms with Gasteiger partial charge in [0.25, 0.3) is 0 Å². The first-order valence-electron chi connectivity index (χ1n) is 11.6. The van der Waals surface area contributed by atoms with Crippen molar-refractivity contribution in [3.05, 3.63) is 0 Å². The summed E-state index contributed by atoms with van der Waals surface area (Å²) in [6.45, 7) is -1.25. The lowest BCUT2D eigenvalue weighted by atomic mass is 9.95. The SMILES string of the molecule is CC(=O)N[C@H]1[C@H](O[C@H]2[C@@H](O)[C@@H](CO)O[C@@H](O[C@H]3[C@H](O)[C@@H](O)[C@H](O)O[C@@H]3CO)[C@@H]2O)O[C@H](CO)[C@H](O)[C@@H]1O. The molecule has 37 heavy (non-hydrogen) atoms. The molecule has 0 aromatic carbocycles. The third-order valence-corrected chi connectivity index (χ3v) is 6.49. The van der Waals surface area contributed by atoms with Gasteiger partial charge in [0.2, 0.25) is 5.91 Å². The number of hydrogen-bond donors (Lipinski definition) is 11. The van der Waals surface area contributed by atoms with E-state index in [1.54, 1.807) is 0 Å². The first-order chi connectivity index (χ1) is 17.4. The zero-order chi connectivity index (χ0) is 27.6. The third-order valence-electron chi connectivity index (χ3n) is 6.49. The second kappa shape index (κ2) is 12.8. The Labute approximate surface area is 210 Å². The summed E-state index contributed by atoms with van der Waals surface area (Å²) in [6.07, 6.45) is -23.4. The summed E-state index contributed by atoms with van der Waals surface area (Å²) in [7, 11) is 0. The molecule has 3 fully saturated rings. The highest BCUT2D eigenvalue weighted by atomic mass is 16.7. The smallest absolute Gasteiger partial charge is 0.217 e. The standard InChI is InChI=1S/C20H35NO16/c1-5(25)21-9-12(28)10(26)6(2-22)34-19(9)37-17-11(27)7(3-23)35-20(15(17)31)36-16-8(4-24)33-18(32)14(30)13(16)29/h6-20,22-24,26-32H,2-4H2,1H3,(H,21,25)/t6-,7-,8-,9-,10+,11+,12-,13-,14-,15-,16-,17+,18-,19+,20+/m1/s1. The summed E-state index contributed by atoms with van der Waals surface area (Å²) in [5, 5.41) is 103. The molecule has 3 aliphatic rings. The molecule has 3 rings (SSSR count). The molecule has 0 bridgehead atoms. The Morgan fingerprint density at radius 2 is 1.19 bits per heavy atom. The van der Waals surface area contributed by atoms with Gasteiger partial charge in [0, 0.05) is 6.92 Å². The summed E-state index contributed by atoms with van der Waals surface area (Å²) in [5.74, 6) is -0.652. The van der Waals surface area contributed by atoms with E-state index in [9.17, 15) is 55.9 Å². The van der Waals surface area contributed by atoms with E-state index in [1.807, 2.05) is 0 Å². The lowest BCUT2D eigenvalue weighted by Crippen LogP contribution is -2.68. The van der Waals surface area contributed by atoms with Crippen LogP contribution in [0.1, 0.15) is 6.92 Å². The van der Waals surface area contributed by atoms with Crippen LogP contribution in [0.25, 0.3) is 0 Å². The molecule has 0 aromatic heterocycles. The fraction of sp³-hybridized carbons (Fsp3) is 0.950. The van der Waals surface area contributed by atoms with E-state index in [2.05, 4.69) is 5.32 Å². The van der Waals surface area contributed by atoms with E-state index in [1.165, 1.54) is 0 Å². The van der Waals surface area contributed by atoms with Crippen LogP contribution in [0, 0.1) is 0 Å². The van der Waals surface area contributed by atoms with Gasteiger partial charge in [-0.1, -0.05) is 0 Å². The molecular formula is C20H35NO16. The molecule has 0 radical (unpaired) electrons. The van der Waals surface area contributed by atoms with Crippen LogP contribution < -0.4 is 5.32 Å². The highest BCUT2D eigenvalue weighted by Crippen LogP contribution is 2.32. The fourth-order valence-electron chi connectivity index (χ4n) is 4.46. The highest BCUT2D eigenvalue weighted by Gasteiger charge is 2.53. The van der Waals surface area contributed by atoms with Gasteiger partial charge in [-0.05, 0) is 0 Å². The monoisotopic (exact) mass is 545 g/mol. The van der Waals surface area contributed by atoms with Crippen LogP contribution in [-0.2, 0) is 28.5 Å². The first-order valence-corrected chi connectivity index (χ1v) is 11.6. The van der Waals surface area contributed by atoms with Gasteiger partial charge >= 0.3 is 0 Å². The summed E-state index contributed by atoms with van der Waals surface area (Å²) in [6, 6.07) is -1.42. The van der Waals surface area contributed by atoms with Crippen LogP contribution in [0.5, 0.6) is 0 Å². The largest absolute Gasteiger partial charge is 0.394 e. The molecule has 17 nitrogen and oxygen atoms in total. The number of nitrogens with one attached hydrogen (secondary N) is 1. The summed E-state index contributed by atoms with van der Waals surface area (Å²) in [4.78, 5) is 11.7. The van der Waals surface area contributed by atoms with Crippen LogP contribution in [-0.4, -0.2) is 169 Å². The molecule has 0 saturated carbocycles. The van der Waals surface area contributed by atoms with Crippen molar-refractivity contribution >= 4 is 5.91 Å². The number of aliphatic hydroxyl groups is 10. The van der Waals surface area contributed by atoms with Gasteiger partial charge in [-0.3, -0.25) is 4.79 Å². The van der Waals surface area contributed by atoms with Crippen LogP contribution in [0.4, 0.5) is 0 Å². The number of hydrogen-bond acceptors (Lipinski definition) is 16. The number of carbonyl (C=O) groups excluding carboxylic acids is 1. The highest BCUT2D eigenvalue weighted by molar-refractivity contribution is 5.73. The van der Waals surface area contributed by atoms with Gasteiger partial charge < -0.3 is 80.1 Å². The summed E-state index contributed by atoms with van der Waals surface area (Å²) >= 11 is 0. The molecule has 17 heteroatoms. The maximum atomic E-state index is 11.7. The molecule has 1 amide bonds. The Morgan fingerprint density at radius 1 is 0.649 bits per heavy atom. The zero-order valence-corrected chi connectivity index (χ0v) is 19.7. The zero-order valence-electron chi connectivity index (χ0n) is 19.7. The van der Waals surface area contributed by atoms with Crippen molar-refractivity contribution in [2.75, 3.05) is 19.8 Å². The average Bonchev–Trinajstić information content (AvgIpc) is 2.86. The van der Waals surface area contributed by atoms with Crippen molar-refractivity contribution in [1.82, 2.24) is 5.32 Å². The van der Waals surface area contributed by atoms with Gasteiger partial charge in [-0.25, -0.2) is 0 Å². The van der Waals surface area contributed by atoms with Crippen molar-refractivity contribution in [2.24, 2.45) is 0 Å². The number of ether oxygens (including phenoxy) is 5. The van der Waals surface area contributed by atoms with Crippen LogP contribution in [0.2, 0.25) is 0 Å². The number of aliphatic hydroxyl groups excluding tert-OH is 10. The van der Waals surface area contributed by atoms with E-state index in [4.69, 9.17) is 23.7 Å². The van der Waals surface area contributed by atoms with Gasteiger partial charge in [0.15, 0.2) is 18.9 Å². The minimum Gasteiger partial charge on any atom is -0.394 e. The van der Waals surface area contributed by atoms with Crippen molar-refractivity contribution in [3.8, 4) is 0 Å². The minimum absolute atomic E-state index is 0.652. The van der Waals surface area contributed by atoms with E-state index >= 15 is 0 Å². The molecule has 0 unspecified atom stereocenters. The molecule has 15 atom stereocenters. The maximum absolute atomic E-state index is 11.7. The van der Waals surface area contributed by atoms with Crippen molar-refractivity contribution in [2.45, 2.75) is 99.0 Å². The Balaban J connectivity index is 1.83. The molecule has 0 aliphatic carbocycles. The predicted octanol–water partition coefficient (Wildman–Crippen LogP) is -7.43. The third kappa shape index (κ3) is 6.38. The van der Waals surface area contributed by atoms with E-state index in [0.29, 0.717) is 0 Å². The Morgan fingerprint density at radius 3 is 1.76 bits per heavy atom. The summed E-state index contributed by atoms with van der Waals surface area (Å²) < 4.78 is 27.0. The molecule has 11 N–H and O–H groups in total. The normalized spacial score (nSPS) is 49.0. The molecule has 3 aliphatic heterocycles. The summed E-state index contributed by atoms with van der Waals surface area (Å²) in [5.41, 5.74) is 0. The van der Waals surface area contributed by atoms with Crippen LogP contribution >= 0.6 is 0 Å². The van der Waals surface area contributed by atoms with Crippen molar-refractivity contribution in [3.63, 3.8) is 0 Å². The number of amides is 1.